The Labute approximate surface area is 96.0 Å². The van der Waals surface area contributed by atoms with Crippen molar-refractivity contribution in [2.24, 2.45) is 0 Å². The zero-order valence-electron chi connectivity index (χ0n) is 8.00. The van der Waals surface area contributed by atoms with E-state index < -0.39 is 0 Å². The lowest BCUT2D eigenvalue weighted by molar-refractivity contribution is -0.131. The quantitative estimate of drug-likeness (QED) is 0.841. The Hall–Kier alpha value is -1.16. The SMILES string of the molecule is O=C1CC(c2ccc(Br)cc2)C(=O)CN1. The van der Waals surface area contributed by atoms with E-state index in [0.29, 0.717) is 0 Å². The first kappa shape index (κ1) is 10.4. The molecule has 1 unspecified atom stereocenters. The van der Waals surface area contributed by atoms with Crippen molar-refractivity contribution >= 4 is 27.6 Å². The molecule has 0 spiro atoms. The van der Waals surface area contributed by atoms with E-state index in [1.54, 1.807) is 0 Å². The summed E-state index contributed by atoms with van der Waals surface area (Å²) >= 11 is 3.33. The van der Waals surface area contributed by atoms with Gasteiger partial charge >= 0.3 is 0 Å². The van der Waals surface area contributed by atoms with Gasteiger partial charge in [-0.3, -0.25) is 9.59 Å². The maximum absolute atomic E-state index is 11.6. The predicted molar refractivity (Wildman–Crippen MR) is 59.5 cm³/mol. The van der Waals surface area contributed by atoms with E-state index in [1.165, 1.54) is 0 Å². The highest BCUT2D eigenvalue weighted by Crippen LogP contribution is 2.24. The molecule has 0 aromatic heterocycles. The van der Waals surface area contributed by atoms with Crippen LogP contribution in [-0.4, -0.2) is 18.2 Å². The van der Waals surface area contributed by atoms with Crippen molar-refractivity contribution in [3.63, 3.8) is 0 Å². The number of hydrogen-bond acceptors (Lipinski definition) is 2. The van der Waals surface area contributed by atoms with Crippen LogP contribution in [0.4, 0.5) is 0 Å². The van der Waals surface area contributed by atoms with Crippen LogP contribution in [0.2, 0.25) is 0 Å². The number of piperidine rings is 1. The summed E-state index contributed by atoms with van der Waals surface area (Å²) in [5, 5.41) is 2.55. The van der Waals surface area contributed by atoms with Crippen molar-refractivity contribution in [3.05, 3.63) is 34.3 Å². The maximum atomic E-state index is 11.6. The zero-order valence-corrected chi connectivity index (χ0v) is 9.58. The van der Waals surface area contributed by atoms with Gasteiger partial charge in [-0.25, -0.2) is 0 Å². The highest BCUT2D eigenvalue weighted by Gasteiger charge is 2.27. The monoisotopic (exact) mass is 267 g/mol. The van der Waals surface area contributed by atoms with Gasteiger partial charge in [0.1, 0.15) is 0 Å². The average molecular weight is 268 g/mol. The lowest BCUT2D eigenvalue weighted by Gasteiger charge is -2.21. The minimum atomic E-state index is -0.271. The first-order valence-electron chi connectivity index (χ1n) is 4.71. The molecule has 1 saturated heterocycles. The summed E-state index contributed by atoms with van der Waals surface area (Å²) in [6.07, 6.45) is 0.264. The number of Topliss-reactive ketones (excluding diaryl/α,β-unsaturated/α-hetero) is 1. The van der Waals surface area contributed by atoms with E-state index in [-0.39, 0.29) is 30.6 Å². The Balaban J connectivity index is 2.25. The molecular formula is C11H10BrNO2. The molecule has 0 saturated carbocycles. The number of benzene rings is 1. The molecule has 2 rings (SSSR count). The van der Waals surface area contributed by atoms with E-state index in [9.17, 15) is 9.59 Å². The summed E-state index contributed by atoms with van der Waals surface area (Å²) in [5.41, 5.74) is 0.915. The summed E-state index contributed by atoms with van der Waals surface area (Å²) in [7, 11) is 0. The normalized spacial score (nSPS) is 21.3. The number of amides is 1. The lowest BCUT2D eigenvalue weighted by Crippen LogP contribution is -2.39. The van der Waals surface area contributed by atoms with Gasteiger partial charge in [-0.1, -0.05) is 28.1 Å². The van der Waals surface area contributed by atoms with Crippen LogP contribution in [0.15, 0.2) is 28.7 Å². The summed E-state index contributed by atoms with van der Waals surface area (Å²) in [6, 6.07) is 7.53. The van der Waals surface area contributed by atoms with Crippen LogP contribution in [0.5, 0.6) is 0 Å². The number of ketones is 1. The van der Waals surface area contributed by atoms with E-state index in [2.05, 4.69) is 21.2 Å². The topological polar surface area (TPSA) is 46.2 Å². The second-order valence-corrected chi connectivity index (χ2v) is 4.47. The van der Waals surface area contributed by atoms with Crippen LogP contribution < -0.4 is 5.32 Å². The Kier molecular flexibility index (Phi) is 2.86. The third-order valence-electron chi connectivity index (χ3n) is 2.51. The molecule has 4 heteroatoms. The van der Waals surface area contributed by atoms with Gasteiger partial charge in [-0.15, -0.1) is 0 Å². The maximum Gasteiger partial charge on any atom is 0.221 e. The molecule has 0 radical (unpaired) electrons. The van der Waals surface area contributed by atoms with E-state index in [0.717, 1.165) is 10.0 Å². The largest absolute Gasteiger partial charge is 0.349 e. The van der Waals surface area contributed by atoms with Crippen LogP contribution in [0.1, 0.15) is 17.9 Å². The molecule has 1 aromatic rings. The van der Waals surface area contributed by atoms with Gasteiger partial charge in [0, 0.05) is 10.9 Å². The van der Waals surface area contributed by atoms with Gasteiger partial charge < -0.3 is 5.32 Å². The number of halogens is 1. The molecule has 3 nitrogen and oxygen atoms in total. The van der Waals surface area contributed by atoms with Gasteiger partial charge in [0.2, 0.25) is 5.91 Å². The molecular weight excluding hydrogens is 258 g/mol. The van der Waals surface area contributed by atoms with E-state index >= 15 is 0 Å². The number of carbonyl (C=O) groups excluding carboxylic acids is 2. The second-order valence-electron chi connectivity index (χ2n) is 3.55. The van der Waals surface area contributed by atoms with Gasteiger partial charge in [0.05, 0.1) is 12.5 Å². The molecule has 1 aliphatic heterocycles. The molecule has 0 bridgehead atoms. The minimum absolute atomic E-state index is 0.0532. The fraction of sp³-hybridized carbons (Fsp3) is 0.273. The number of hydrogen-bond donors (Lipinski definition) is 1. The Bertz CT molecular complexity index is 400. The summed E-state index contributed by atoms with van der Waals surface area (Å²) < 4.78 is 0.971. The van der Waals surface area contributed by atoms with Crippen LogP contribution in [0.3, 0.4) is 0 Å². The van der Waals surface area contributed by atoms with Crippen LogP contribution in [-0.2, 0) is 9.59 Å². The number of rotatable bonds is 1. The molecule has 15 heavy (non-hydrogen) atoms. The highest BCUT2D eigenvalue weighted by molar-refractivity contribution is 9.10. The molecule has 1 atom stereocenters. The van der Waals surface area contributed by atoms with Gasteiger partial charge in [-0.05, 0) is 17.7 Å². The third kappa shape index (κ3) is 2.26. The molecule has 1 aliphatic rings. The number of carbonyl (C=O) groups is 2. The Morgan fingerprint density at radius 3 is 2.53 bits per heavy atom. The second kappa shape index (κ2) is 4.14. The van der Waals surface area contributed by atoms with Crippen molar-refractivity contribution in [2.45, 2.75) is 12.3 Å². The van der Waals surface area contributed by atoms with Crippen molar-refractivity contribution in [1.29, 1.82) is 0 Å². The Morgan fingerprint density at radius 2 is 1.87 bits per heavy atom. The van der Waals surface area contributed by atoms with Crippen molar-refractivity contribution in [2.75, 3.05) is 6.54 Å². The summed E-state index contributed by atoms with van der Waals surface area (Å²) in [5.74, 6) is -0.244. The van der Waals surface area contributed by atoms with Gasteiger partial charge in [0.25, 0.3) is 0 Å². The lowest BCUT2D eigenvalue weighted by atomic mass is 9.89. The van der Waals surface area contributed by atoms with Gasteiger partial charge in [-0.2, -0.15) is 0 Å². The first-order valence-corrected chi connectivity index (χ1v) is 5.51. The van der Waals surface area contributed by atoms with E-state index in [1.807, 2.05) is 24.3 Å². The molecule has 1 heterocycles. The fourth-order valence-corrected chi connectivity index (χ4v) is 1.94. The summed E-state index contributed by atoms with van der Waals surface area (Å²) in [6.45, 7) is 0.152. The van der Waals surface area contributed by atoms with Crippen LogP contribution in [0.25, 0.3) is 0 Å². The highest BCUT2D eigenvalue weighted by atomic mass is 79.9. The smallest absolute Gasteiger partial charge is 0.221 e. The third-order valence-corrected chi connectivity index (χ3v) is 3.04. The number of nitrogens with one attached hydrogen (secondary N) is 1. The van der Waals surface area contributed by atoms with Crippen molar-refractivity contribution in [3.8, 4) is 0 Å². The minimum Gasteiger partial charge on any atom is -0.349 e. The average Bonchev–Trinajstić information content (AvgIpc) is 2.23. The molecule has 78 valence electrons. The molecule has 1 N–H and O–H groups in total. The van der Waals surface area contributed by atoms with E-state index in [4.69, 9.17) is 0 Å². The van der Waals surface area contributed by atoms with Gasteiger partial charge in [0.15, 0.2) is 5.78 Å². The summed E-state index contributed by atoms with van der Waals surface area (Å²) in [4.78, 5) is 22.8. The van der Waals surface area contributed by atoms with Crippen molar-refractivity contribution in [1.82, 2.24) is 5.32 Å². The van der Waals surface area contributed by atoms with Crippen LogP contribution in [0, 0.1) is 0 Å². The standard InChI is InChI=1S/C11H10BrNO2/c12-8-3-1-7(2-4-8)9-5-11(15)13-6-10(9)14/h1-4,9H,5-6H2,(H,13,15). The van der Waals surface area contributed by atoms with Crippen molar-refractivity contribution < 1.29 is 9.59 Å². The fourth-order valence-electron chi connectivity index (χ4n) is 1.68. The molecule has 1 fully saturated rings. The molecule has 1 amide bonds. The first-order chi connectivity index (χ1) is 7.16. The zero-order chi connectivity index (χ0) is 10.8. The molecule has 0 aliphatic carbocycles. The predicted octanol–water partition coefficient (Wildman–Crippen LogP) is 1.62. The van der Waals surface area contributed by atoms with Crippen LogP contribution >= 0.6 is 15.9 Å². The Morgan fingerprint density at radius 1 is 1.20 bits per heavy atom. The molecule has 1 aromatic carbocycles.